The average Bonchev–Trinajstić information content (AvgIpc) is 3.38. The van der Waals surface area contributed by atoms with Gasteiger partial charge >= 0.3 is 6.09 Å². The van der Waals surface area contributed by atoms with Gasteiger partial charge in [-0.15, -0.1) is 0 Å². The van der Waals surface area contributed by atoms with Gasteiger partial charge in [-0.25, -0.2) is 9.18 Å². The first-order valence-corrected chi connectivity index (χ1v) is 10.8. The number of hydrogen-bond donors (Lipinski definition) is 1. The molecular weight excluding hydrogens is 425 g/mol. The van der Waals surface area contributed by atoms with Crippen molar-refractivity contribution in [3.63, 3.8) is 0 Å². The fourth-order valence-corrected chi connectivity index (χ4v) is 4.02. The first-order chi connectivity index (χ1) is 15.6. The summed E-state index contributed by atoms with van der Waals surface area (Å²) < 4.78 is 18.7. The average molecular weight is 451 g/mol. The van der Waals surface area contributed by atoms with Crippen LogP contribution >= 0.6 is 0 Å². The van der Waals surface area contributed by atoms with E-state index in [2.05, 4.69) is 10.3 Å². The van der Waals surface area contributed by atoms with Crippen molar-refractivity contribution in [1.29, 1.82) is 0 Å². The van der Waals surface area contributed by atoms with Crippen molar-refractivity contribution in [2.24, 2.45) is 10.4 Å². The van der Waals surface area contributed by atoms with Crippen LogP contribution < -0.4 is 5.32 Å². The number of halogens is 1. The van der Waals surface area contributed by atoms with E-state index in [0.717, 1.165) is 22.4 Å². The largest absolute Gasteiger partial charge is 0.444 e. The Balaban J connectivity index is 1.50. The highest BCUT2D eigenvalue weighted by atomic mass is 19.1. The van der Waals surface area contributed by atoms with Gasteiger partial charge in [-0.05, 0) is 69.2 Å². The molecule has 1 atom stereocenters. The van der Waals surface area contributed by atoms with Crippen LogP contribution in [0, 0.1) is 11.2 Å². The molecule has 2 aliphatic rings. The topological polar surface area (TPSA) is 88.1 Å². The lowest BCUT2D eigenvalue weighted by Gasteiger charge is -2.26. The van der Waals surface area contributed by atoms with Crippen molar-refractivity contribution >= 4 is 29.7 Å². The molecule has 1 fully saturated rings. The smallest absolute Gasteiger partial charge is 0.410 e. The Morgan fingerprint density at radius 1 is 1.18 bits per heavy atom. The van der Waals surface area contributed by atoms with Crippen molar-refractivity contribution in [3.05, 3.63) is 65.0 Å². The second-order valence-corrected chi connectivity index (χ2v) is 9.42. The quantitative estimate of drug-likeness (QED) is 0.563. The summed E-state index contributed by atoms with van der Waals surface area (Å²) >= 11 is 0. The number of aldehydes is 1. The fourth-order valence-electron chi connectivity index (χ4n) is 4.02. The molecule has 2 aromatic carbocycles. The van der Waals surface area contributed by atoms with E-state index in [1.165, 1.54) is 17.0 Å². The number of hydrogen-bond acceptors (Lipinski definition) is 5. The van der Waals surface area contributed by atoms with Crippen molar-refractivity contribution in [2.75, 3.05) is 18.4 Å². The minimum absolute atomic E-state index is 0.0372. The van der Waals surface area contributed by atoms with Gasteiger partial charge in [0.25, 0.3) is 0 Å². The Hall–Kier alpha value is -3.55. The van der Waals surface area contributed by atoms with E-state index >= 15 is 0 Å². The third-order valence-corrected chi connectivity index (χ3v) is 5.78. The summed E-state index contributed by atoms with van der Waals surface area (Å²) in [7, 11) is 0. The number of carbonyl (C=O) groups excluding carboxylic acids is 3. The predicted molar refractivity (Wildman–Crippen MR) is 122 cm³/mol. The molecule has 2 aliphatic heterocycles. The Labute approximate surface area is 191 Å². The van der Waals surface area contributed by atoms with Crippen molar-refractivity contribution in [1.82, 2.24) is 4.90 Å². The van der Waals surface area contributed by atoms with Crippen molar-refractivity contribution < 1.29 is 23.5 Å². The molecule has 1 unspecified atom stereocenters. The van der Waals surface area contributed by atoms with Crippen molar-refractivity contribution in [3.8, 4) is 0 Å². The predicted octanol–water partition coefficient (Wildman–Crippen LogP) is 3.94. The van der Waals surface area contributed by atoms with Gasteiger partial charge < -0.3 is 19.7 Å². The van der Waals surface area contributed by atoms with Crippen LogP contribution in [0.25, 0.3) is 0 Å². The molecule has 0 aromatic heterocycles. The van der Waals surface area contributed by atoms with Crippen LogP contribution in [0.15, 0.2) is 47.5 Å². The second-order valence-electron chi connectivity index (χ2n) is 9.42. The van der Waals surface area contributed by atoms with E-state index in [1.54, 1.807) is 39.0 Å². The lowest BCUT2D eigenvalue weighted by atomic mass is 9.87. The van der Waals surface area contributed by atoms with E-state index in [1.807, 2.05) is 12.1 Å². The number of benzene rings is 2. The number of anilines is 1. The summed E-state index contributed by atoms with van der Waals surface area (Å²) in [5.41, 5.74) is 1.86. The van der Waals surface area contributed by atoms with E-state index in [-0.39, 0.29) is 25.3 Å². The molecule has 33 heavy (non-hydrogen) atoms. The Bertz CT molecular complexity index is 1140. The molecule has 0 bridgehead atoms. The Kier molecular flexibility index (Phi) is 5.78. The minimum atomic E-state index is -1.34. The maximum absolute atomic E-state index is 13.3. The van der Waals surface area contributed by atoms with Gasteiger partial charge in [0.05, 0.1) is 12.3 Å². The molecule has 0 aliphatic carbocycles. The molecule has 0 radical (unpaired) electrons. The standard InChI is InChI=1S/C25H26FN3O4/c1-24(2,3)33-23(32)29-11-10-25(14-29,15-30)22(31)28-19-9-6-17-13-27-21(20(17)12-19)16-4-7-18(26)8-5-16/h4-9,12,15H,10-11,13-14H2,1-3H3,(H,28,31). The number of aliphatic imine (C=N–C) groups is 1. The third-order valence-electron chi connectivity index (χ3n) is 5.78. The van der Waals surface area contributed by atoms with Crippen LogP contribution in [0.4, 0.5) is 14.9 Å². The number of rotatable bonds is 4. The molecule has 7 nitrogen and oxygen atoms in total. The Morgan fingerprint density at radius 2 is 1.91 bits per heavy atom. The molecule has 2 amide bonds. The van der Waals surface area contributed by atoms with Gasteiger partial charge in [-0.1, -0.05) is 6.07 Å². The summed E-state index contributed by atoms with van der Waals surface area (Å²) in [4.78, 5) is 43.4. The van der Waals surface area contributed by atoms with Gasteiger partial charge in [-0.2, -0.15) is 0 Å². The summed E-state index contributed by atoms with van der Waals surface area (Å²) in [6.45, 7) is 6.00. The van der Waals surface area contributed by atoms with Crippen LogP contribution in [-0.2, 0) is 20.9 Å². The number of nitrogens with one attached hydrogen (secondary N) is 1. The zero-order valence-corrected chi connectivity index (χ0v) is 18.9. The maximum Gasteiger partial charge on any atom is 0.410 e. The van der Waals surface area contributed by atoms with Crippen LogP contribution in [0.3, 0.4) is 0 Å². The minimum Gasteiger partial charge on any atom is -0.444 e. The highest BCUT2D eigenvalue weighted by molar-refractivity contribution is 6.16. The second kappa shape index (κ2) is 8.42. The van der Waals surface area contributed by atoms with Gasteiger partial charge in [0, 0.05) is 29.9 Å². The summed E-state index contributed by atoms with van der Waals surface area (Å²) in [6.07, 6.45) is 0.289. The number of likely N-dealkylation sites (tertiary alicyclic amines) is 1. The number of nitrogens with zero attached hydrogens (tertiary/aromatic N) is 2. The lowest BCUT2D eigenvalue weighted by molar-refractivity contribution is -0.131. The summed E-state index contributed by atoms with van der Waals surface area (Å²) in [6, 6.07) is 11.5. The zero-order valence-electron chi connectivity index (χ0n) is 18.9. The zero-order chi connectivity index (χ0) is 23.8. The highest BCUT2D eigenvalue weighted by Gasteiger charge is 2.47. The van der Waals surface area contributed by atoms with E-state index < -0.39 is 23.0 Å². The first-order valence-electron chi connectivity index (χ1n) is 10.8. The maximum atomic E-state index is 13.3. The molecule has 8 heteroatoms. The molecular formula is C25H26FN3O4. The molecule has 0 saturated carbocycles. The SMILES string of the molecule is CC(C)(C)OC(=O)N1CCC(C=O)(C(=O)Nc2ccc3c(c2)C(c2ccc(F)cc2)=NC3)C1. The highest BCUT2D eigenvalue weighted by Crippen LogP contribution is 2.32. The molecule has 2 aromatic rings. The fraction of sp³-hybridized carbons (Fsp3) is 0.360. The van der Waals surface area contributed by atoms with Gasteiger partial charge in [0.2, 0.25) is 5.91 Å². The van der Waals surface area contributed by atoms with Gasteiger partial charge in [0.1, 0.15) is 23.1 Å². The Morgan fingerprint density at radius 3 is 2.58 bits per heavy atom. The molecule has 2 heterocycles. The van der Waals surface area contributed by atoms with E-state index in [4.69, 9.17) is 4.74 Å². The van der Waals surface area contributed by atoms with Crippen LogP contribution in [0.2, 0.25) is 0 Å². The van der Waals surface area contributed by atoms with Crippen molar-refractivity contribution in [2.45, 2.75) is 39.3 Å². The van der Waals surface area contributed by atoms with Gasteiger partial charge in [0.15, 0.2) is 0 Å². The summed E-state index contributed by atoms with van der Waals surface area (Å²) in [5, 5.41) is 2.83. The van der Waals surface area contributed by atoms with Crippen LogP contribution in [0.1, 0.15) is 43.9 Å². The number of carbonyl (C=O) groups is 3. The van der Waals surface area contributed by atoms with Crippen LogP contribution in [0.5, 0.6) is 0 Å². The molecule has 1 saturated heterocycles. The monoisotopic (exact) mass is 451 g/mol. The number of amides is 2. The molecule has 0 spiro atoms. The normalized spacial score (nSPS) is 19.6. The van der Waals surface area contributed by atoms with Gasteiger partial charge in [-0.3, -0.25) is 9.79 Å². The molecule has 172 valence electrons. The number of fused-ring (bicyclic) bond motifs is 1. The molecule has 4 rings (SSSR count). The lowest BCUT2D eigenvalue weighted by Crippen LogP contribution is -2.42. The van der Waals surface area contributed by atoms with E-state index in [0.29, 0.717) is 18.5 Å². The van der Waals surface area contributed by atoms with Crippen LogP contribution in [-0.4, -0.2) is 47.6 Å². The third kappa shape index (κ3) is 4.65. The number of ether oxygens (including phenoxy) is 1. The summed E-state index contributed by atoms with van der Waals surface area (Å²) in [5.74, 6) is -0.795. The first kappa shape index (κ1) is 22.6. The van der Waals surface area contributed by atoms with E-state index in [9.17, 15) is 18.8 Å². The molecule has 1 N–H and O–H groups in total.